The van der Waals surface area contributed by atoms with E-state index in [0.29, 0.717) is 0 Å². The van der Waals surface area contributed by atoms with Gasteiger partial charge in [0.05, 0.1) is 17.9 Å². The zero-order valence-corrected chi connectivity index (χ0v) is 11.0. The summed E-state index contributed by atoms with van der Waals surface area (Å²) in [5.41, 5.74) is 1.13. The zero-order valence-electron chi connectivity index (χ0n) is 11.0. The van der Waals surface area contributed by atoms with Crippen LogP contribution in [0.5, 0.6) is 0 Å². The van der Waals surface area contributed by atoms with E-state index in [0.717, 1.165) is 18.6 Å². The third-order valence-corrected chi connectivity index (χ3v) is 3.15. The molecule has 0 saturated heterocycles. The Bertz CT molecular complexity index is 317. The Labute approximate surface area is 98.2 Å². The van der Waals surface area contributed by atoms with E-state index < -0.39 is 0 Å². The highest BCUT2D eigenvalue weighted by atomic mass is 16.5. The third kappa shape index (κ3) is 3.35. The SMILES string of the molecule is CNC(CCC(C)(C)OC)c1occc1C. The number of hydrogen-bond acceptors (Lipinski definition) is 3. The van der Waals surface area contributed by atoms with Crippen molar-refractivity contribution in [1.82, 2.24) is 5.32 Å². The van der Waals surface area contributed by atoms with Crippen molar-refractivity contribution in [3.8, 4) is 0 Å². The molecule has 0 bridgehead atoms. The van der Waals surface area contributed by atoms with E-state index in [1.54, 1.807) is 13.4 Å². The maximum Gasteiger partial charge on any atom is 0.123 e. The maximum absolute atomic E-state index is 5.51. The number of aryl methyl sites for hydroxylation is 1. The van der Waals surface area contributed by atoms with Gasteiger partial charge in [-0.15, -0.1) is 0 Å². The van der Waals surface area contributed by atoms with Crippen LogP contribution >= 0.6 is 0 Å². The second-order valence-electron chi connectivity index (χ2n) is 4.81. The molecule has 1 aromatic heterocycles. The fourth-order valence-corrected chi connectivity index (χ4v) is 1.74. The van der Waals surface area contributed by atoms with Gasteiger partial charge in [0.25, 0.3) is 0 Å². The molecule has 3 heteroatoms. The van der Waals surface area contributed by atoms with Crippen LogP contribution in [0.25, 0.3) is 0 Å². The van der Waals surface area contributed by atoms with Crippen LogP contribution in [0.15, 0.2) is 16.7 Å². The van der Waals surface area contributed by atoms with Crippen LogP contribution in [-0.2, 0) is 4.74 Å². The van der Waals surface area contributed by atoms with Gasteiger partial charge in [-0.3, -0.25) is 0 Å². The van der Waals surface area contributed by atoms with Crippen LogP contribution in [0, 0.1) is 6.92 Å². The van der Waals surface area contributed by atoms with Gasteiger partial charge >= 0.3 is 0 Å². The molecule has 1 atom stereocenters. The fourth-order valence-electron chi connectivity index (χ4n) is 1.74. The van der Waals surface area contributed by atoms with E-state index in [9.17, 15) is 0 Å². The number of rotatable bonds is 6. The van der Waals surface area contributed by atoms with E-state index in [1.807, 2.05) is 13.1 Å². The molecule has 0 fully saturated rings. The average molecular weight is 225 g/mol. The van der Waals surface area contributed by atoms with E-state index in [2.05, 4.69) is 26.1 Å². The molecule has 0 spiro atoms. The number of methoxy groups -OCH3 is 1. The molecule has 0 aliphatic carbocycles. The Morgan fingerprint density at radius 2 is 2.19 bits per heavy atom. The molecule has 92 valence electrons. The first kappa shape index (κ1) is 13.3. The highest BCUT2D eigenvalue weighted by molar-refractivity contribution is 5.18. The van der Waals surface area contributed by atoms with Crippen molar-refractivity contribution in [3.63, 3.8) is 0 Å². The van der Waals surface area contributed by atoms with E-state index >= 15 is 0 Å². The molecule has 0 aromatic carbocycles. The molecule has 3 nitrogen and oxygen atoms in total. The average Bonchev–Trinajstić information content (AvgIpc) is 2.66. The Morgan fingerprint density at radius 3 is 2.62 bits per heavy atom. The number of ether oxygens (including phenoxy) is 1. The summed E-state index contributed by atoms with van der Waals surface area (Å²) >= 11 is 0. The summed E-state index contributed by atoms with van der Waals surface area (Å²) in [5.74, 6) is 1.04. The van der Waals surface area contributed by atoms with Crippen LogP contribution < -0.4 is 5.32 Å². The smallest absolute Gasteiger partial charge is 0.123 e. The molecule has 0 aliphatic rings. The predicted molar refractivity (Wildman–Crippen MR) is 65.6 cm³/mol. The lowest BCUT2D eigenvalue weighted by molar-refractivity contribution is 0.0114. The van der Waals surface area contributed by atoms with Crippen molar-refractivity contribution in [1.29, 1.82) is 0 Å². The first-order valence-corrected chi connectivity index (χ1v) is 5.76. The molecule has 0 aliphatic heterocycles. The summed E-state index contributed by atoms with van der Waals surface area (Å²) in [7, 11) is 3.72. The molecule has 1 rings (SSSR count). The zero-order chi connectivity index (χ0) is 12.2. The van der Waals surface area contributed by atoms with Crippen molar-refractivity contribution in [2.24, 2.45) is 0 Å². The molecule has 1 aromatic rings. The number of hydrogen-bond donors (Lipinski definition) is 1. The van der Waals surface area contributed by atoms with Gasteiger partial charge in [0.15, 0.2) is 0 Å². The van der Waals surface area contributed by atoms with E-state index in [-0.39, 0.29) is 11.6 Å². The van der Waals surface area contributed by atoms with Crippen LogP contribution in [0.3, 0.4) is 0 Å². The lowest BCUT2D eigenvalue weighted by Crippen LogP contribution is -2.26. The lowest BCUT2D eigenvalue weighted by atomic mass is 9.97. The van der Waals surface area contributed by atoms with Gasteiger partial charge in [0.2, 0.25) is 0 Å². The molecule has 1 heterocycles. The second-order valence-corrected chi connectivity index (χ2v) is 4.81. The summed E-state index contributed by atoms with van der Waals surface area (Å²) in [4.78, 5) is 0. The largest absolute Gasteiger partial charge is 0.467 e. The van der Waals surface area contributed by atoms with Crippen molar-refractivity contribution in [2.45, 2.75) is 45.3 Å². The van der Waals surface area contributed by atoms with Gasteiger partial charge in [0, 0.05) is 7.11 Å². The Kier molecular flexibility index (Phi) is 4.56. The second kappa shape index (κ2) is 5.51. The minimum atomic E-state index is -0.0738. The minimum absolute atomic E-state index is 0.0738. The van der Waals surface area contributed by atoms with Crippen molar-refractivity contribution in [3.05, 3.63) is 23.7 Å². The van der Waals surface area contributed by atoms with Gasteiger partial charge in [0.1, 0.15) is 5.76 Å². The summed E-state index contributed by atoms with van der Waals surface area (Å²) < 4.78 is 10.9. The van der Waals surface area contributed by atoms with Gasteiger partial charge < -0.3 is 14.5 Å². The minimum Gasteiger partial charge on any atom is -0.467 e. The predicted octanol–water partition coefficient (Wildman–Crippen LogP) is 3.05. The summed E-state index contributed by atoms with van der Waals surface area (Å²) in [5, 5.41) is 3.29. The lowest BCUT2D eigenvalue weighted by Gasteiger charge is -2.25. The summed E-state index contributed by atoms with van der Waals surface area (Å²) in [6, 6.07) is 2.27. The van der Waals surface area contributed by atoms with Gasteiger partial charge in [-0.25, -0.2) is 0 Å². The molecule has 0 amide bonds. The fraction of sp³-hybridized carbons (Fsp3) is 0.692. The topological polar surface area (TPSA) is 34.4 Å². The Balaban J connectivity index is 2.60. The van der Waals surface area contributed by atoms with Crippen LogP contribution in [0.1, 0.15) is 44.1 Å². The van der Waals surface area contributed by atoms with Crippen LogP contribution in [0.4, 0.5) is 0 Å². The maximum atomic E-state index is 5.51. The molecule has 1 unspecified atom stereocenters. The van der Waals surface area contributed by atoms with Gasteiger partial charge in [-0.1, -0.05) is 0 Å². The molecule has 1 N–H and O–H groups in total. The van der Waals surface area contributed by atoms with Gasteiger partial charge in [-0.05, 0) is 52.3 Å². The summed E-state index contributed by atoms with van der Waals surface area (Å²) in [6.07, 6.45) is 3.75. The van der Waals surface area contributed by atoms with Crippen molar-refractivity contribution >= 4 is 0 Å². The molecular weight excluding hydrogens is 202 g/mol. The molecule has 16 heavy (non-hydrogen) atoms. The van der Waals surface area contributed by atoms with Gasteiger partial charge in [-0.2, -0.15) is 0 Å². The van der Waals surface area contributed by atoms with E-state index in [1.165, 1.54) is 5.56 Å². The first-order chi connectivity index (χ1) is 7.50. The highest BCUT2D eigenvalue weighted by Gasteiger charge is 2.21. The van der Waals surface area contributed by atoms with Crippen LogP contribution in [0.2, 0.25) is 0 Å². The molecular formula is C13H23NO2. The normalized spacial score (nSPS) is 14.1. The van der Waals surface area contributed by atoms with Crippen molar-refractivity contribution < 1.29 is 9.15 Å². The Morgan fingerprint density at radius 1 is 1.50 bits per heavy atom. The molecule has 0 saturated carbocycles. The van der Waals surface area contributed by atoms with Crippen LogP contribution in [-0.4, -0.2) is 19.8 Å². The summed E-state index contributed by atoms with van der Waals surface area (Å²) in [6.45, 7) is 6.29. The first-order valence-electron chi connectivity index (χ1n) is 5.76. The van der Waals surface area contributed by atoms with E-state index in [4.69, 9.17) is 9.15 Å². The third-order valence-electron chi connectivity index (χ3n) is 3.15. The number of furan rings is 1. The highest BCUT2D eigenvalue weighted by Crippen LogP contribution is 2.26. The number of nitrogens with one attached hydrogen (secondary N) is 1. The quantitative estimate of drug-likeness (QED) is 0.808. The monoisotopic (exact) mass is 225 g/mol. The van der Waals surface area contributed by atoms with Crippen molar-refractivity contribution in [2.75, 3.05) is 14.2 Å². The standard InChI is InChI=1S/C13H23NO2/c1-10-7-9-16-12(10)11(14-4)6-8-13(2,3)15-5/h7,9,11,14H,6,8H2,1-5H3. The Hall–Kier alpha value is -0.800. The molecule has 0 radical (unpaired) electrons.